The van der Waals surface area contributed by atoms with E-state index in [4.69, 9.17) is 4.74 Å². The molecule has 1 unspecified atom stereocenters. The van der Waals surface area contributed by atoms with Crippen molar-refractivity contribution in [2.24, 2.45) is 4.99 Å². The summed E-state index contributed by atoms with van der Waals surface area (Å²) < 4.78 is 5.59. The number of benzene rings is 1. The van der Waals surface area contributed by atoms with Gasteiger partial charge in [0, 0.05) is 13.1 Å². The summed E-state index contributed by atoms with van der Waals surface area (Å²) in [6.45, 7) is 5.62. The van der Waals surface area contributed by atoms with Gasteiger partial charge in [-0.25, -0.2) is 0 Å². The third-order valence-corrected chi connectivity index (χ3v) is 2.63. The van der Waals surface area contributed by atoms with E-state index in [-0.39, 0.29) is 24.0 Å². The van der Waals surface area contributed by atoms with E-state index in [2.05, 4.69) is 29.5 Å². The number of halogens is 1. The molecule has 2 N–H and O–H groups in total. The number of rotatable bonds is 6. The van der Waals surface area contributed by atoms with Gasteiger partial charge in [0.25, 0.3) is 0 Å². The van der Waals surface area contributed by atoms with E-state index in [1.54, 1.807) is 7.05 Å². The Balaban J connectivity index is 0.00000324. The molecule has 0 saturated heterocycles. The van der Waals surface area contributed by atoms with Gasteiger partial charge in [-0.3, -0.25) is 4.99 Å². The van der Waals surface area contributed by atoms with Gasteiger partial charge in [-0.1, -0.05) is 25.1 Å². The first kappa shape index (κ1) is 18.0. The van der Waals surface area contributed by atoms with Crippen LogP contribution in [-0.2, 0) is 0 Å². The highest BCUT2D eigenvalue weighted by Gasteiger charge is 2.01. The van der Waals surface area contributed by atoms with Crippen LogP contribution in [-0.4, -0.2) is 32.2 Å². The van der Waals surface area contributed by atoms with E-state index < -0.39 is 0 Å². The Morgan fingerprint density at radius 3 is 2.58 bits per heavy atom. The summed E-state index contributed by atoms with van der Waals surface area (Å²) >= 11 is 0. The summed E-state index contributed by atoms with van der Waals surface area (Å²) in [5.74, 6) is 1.71. The zero-order valence-corrected chi connectivity index (χ0v) is 14.2. The first-order valence-corrected chi connectivity index (χ1v) is 6.41. The topological polar surface area (TPSA) is 45.7 Å². The van der Waals surface area contributed by atoms with E-state index in [1.165, 1.54) is 0 Å². The maximum atomic E-state index is 5.59. The fourth-order valence-corrected chi connectivity index (χ4v) is 1.39. The minimum Gasteiger partial charge on any atom is -0.492 e. The van der Waals surface area contributed by atoms with Crippen molar-refractivity contribution >= 4 is 29.9 Å². The molecule has 5 heteroatoms. The number of para-hydroxylation sites is 1. The van der Waals surface area contributed by atoms with E-state index in [1.807, 2.05) is 30.3 Å². The Labute approximate surface area is 133 Å². The van der Waals surface area contributed by atoms with E-state index in [0.29, 0.717) is 12.6 Å². The maximum Gasteiger partial charge on any atom is 0.191 e. The van der Waals surface area contributed by atoms with Crippen molar-refractivity contribution in [3.8, 4) is 5.75 Å². The lowest BCUT2D eigenvalue weighted by atomic mass is 10.3. The van der Waals surface area contributed by atoms with E-state index >= 15 is 0 Å². The van der Waals surface area contributed by atoms with Crippen LogP contribution in [0.25, 0.3) is 0 Å². The minimum atomic E-state index is 0. The van der Waals surface area contributed by atoms with Crippen LogP contribution < -0.4 is 15.4 Å². The van der Waals surface area contributed by atoms with Crippen molar-refractivity contribution in [2.75, 3.05) is 20.2 Å². The predicted octanol–water partition coefficient (Wildman–Crippen LogP) is 2.65. The molecule has 1 atom stereocenters. The quantitative estimate of drug-likeness (QED) is 0.347. The van der Waals surface area contributed by atoms with Gasteiger partial charge < -0.3 is 15.4 Å². The Morgan fingerprint density at radius 2 is 2.00 bits per heavy atom. The zero-order chi connectivity index (χ0) is 13.2. The van der Waals surface area contributed by atoms with Crippen LogP contribution in [0.1, 0.15) is 20.3 Å². The number of nitrogens with zero attached hydrogens (tertiary/aromatic N) is 1. The lowest BCUT2D eigenvalue weighted by molar-refractivity contribution is 0.321. The second-order valence-corrected chi connectivity index (χ2v) is 4.11. The number of guanidine groups is 1. The number of aliphatic imine (C=N–C) groups is 1. The standard InChI is InChI=1S/C14H23N3O.HI/c1-4-12(2)17-14(15-3)16-10-11-18-13-8-6-5-7-9-13;/h5-9,12H,4,10-11H2,1-3H3,(H2,15,16,17);1H. The van der Waals surface area contributed by atoms with Crippen molar-refractivity contribution in [3.05, 3.63) is 30.3 Å². The summed E-state index contributed by atoms with van der Waals surface area (Å²) in [4.78, 5) is 4.16. The molecule has 0 aromatic heterocycles. The van der Waals surface area contributed by atoms with Gasteiger partial charge in [-0.05, 0) is 25.5 Å². The highest BCUT2D eigenvalue weighted by Crippen LogP contribution is 2.07. The highest BCUT2D eigenvalue weighted by molar-refractivity contribution is 14.0. The van der Waals surface area contributed by atoms with Gasteiger partial charge in [0.2, 0.25) is 0 Å². The van der Waals surface area contributed by atoms with Gasteiger partial charge in [-0.2, -0.15) is 0 Å². The van der Waals surface area contributed by atoms with Crippen LogP contribution in [0.2, 0.25) is 0 Å². The largest absolute Gasteiger partial charge is 0.492 e. The molecule has 1 rings (SSSR count). The number of nitrogens with one attached hydrogen (secondary N) is 2. The highest BCUT2D eigenvalue weighted by atomic mass is 127. The molecule has 0 aliphatic rings. The minimum absolute atomic E-state index is 0. The normalized spacial score (nSPS) is 12.3. The number of hydrogen-bond donors (Lipinski definition) is 2. The molecule has 4 nitrogen and oxygen atoms in total. The van der Waals surface area contributed by atoms with Crippen LogP contribution in [0.15, 0.2) is 35.3 Å². The lowest BCUT2D eigenvalue weighted by Crippen LogP contribution is -2.43. The van der Waals surface area contributed by atoms with Crippen molar-refractivity contribution in [1.82, 2.24) is 10.6 Å². The van der Waals surface area contributed by atoms with Crippen LogP contribution in [0.4, 0.5) is 0 Å². The molecular weight excluding hydrogens is 353 g/mol. The summed E-state index contributed by atoms with van der Waals surface area (Å²) in [5, 5.41) is 6.52. The molecule has 108 valence electrons. The molecule has 0 spiro atoms. The molecule has 0 aliphatic heterocycles. The fraction of sp³-hybridized carbons (Fsp3) is 0.500. The predicted molar refractivity (Wildman–Crippen MR) is 91.6 cm³/mol. The Morgan fingerprint density at radius 1 is 1.32 bits per heavy atom. The van der Waals surface area contributed by atoms with Gasteiger partial charge in [-0.15, -0.1) is 24.0 Å². The summed E-state index contributed by atoms with van der Waals surface area (Å²) in [7, 11) is 1.77. The average Bonchev–Trinajstić information content (AvgIpc) is 2.43. The van der Waals surface area contributed by atoms with E-state index in [9.17, 15) is 0 Å². The molecule has 0 fully saturated rings. The van der Waals surface area contributed by atoms with Crippen molar-refractivity contribution < 1.29 is 4.74 Å². The number of hydrogen-bond acceptors (Lipinski definition) is 2. The second kappa shape index (κ2) is 10.9. The van der Waals surface area contributed by atoms with Crippen LogP contribution >= 0.6 is 24.0 Å². The molecule has 0 aliphatic carbocycles. The first-order chi connectivity index (χ1) is 8.76. The van der Waals surface area contributed by atoms with E-state index in [0.717, 1.165) is 24.7 Å². The SMILES string of the molecule is CCC(C)NC(=NC)NCCOc1ccccc1.I. The summed E-state index contributed by atoms with van der Waals surface area (Å²) in [6.07, 6.45) is 1.07. The van der Waals surface area contributed by atoms with Crippen molar-refractivity contribution in [2.45, 2.75) is 26.3 Å². The number of ether oxygens (including phenoxy) is 1. The third-order valence-electron chi connectivity index (χ3n) is 2.63. The Bertz CT molecular complexity index is 357. The zero-order valence-electron chi connectivity index (χ0n) is 11.8. The smallest absolute Gasteiger partial charge is 0.191 e. The van der Waals surface area contributed by atoms with Crippen molar-refractivity contribution in [3.63, 3.8) is 0 Å². The molecule has 0 radical (unpaired) electrons. The van der Waals surface area contributed by atoms with Crippen molar-refractivity contribution in [1.29, 1.82) is 0 Å². The van der Waals surface area contributed by atoms with Gasteiger partial charge in [0.05, 0.1) is 6.54 Å². The molecular formula is C14H24IN3O. The second-order valence-electron chi connectivity index (χ2n) is 4.11. The average molecular weight is 377 g/mol. The molecule has 19 heavy (non-hydrogen) atoms. The Kier molecular flexibility index (Phi) is 10.3. The molecule has 0 amide bonds. The summed E-state index contributed by atoms with van der Waals surface area (Å²) in [5.41, 5.74) is 0. The molecule has 1 aromatic carbocycles. The fourth-order valence-electron chi connectivity index (χ4n) is 1.39. The van der Waals surface area contributed by atoms with Gasteiger partial charge in [0.15, 0.2) is 5.96 Å². The van der Waals surface area contributed by atoms with Gasteiger partial charge in [0.1, 0.15) is 12.4 Å². The first-order valence-electron chi connectivity index (χ1n) is 6.41. The van der Waals surface area contributed by atoms with Gasteiger partial charge >= 0.3 is 0 Å². The maximum absolute atomic E-state index is 5.59. The molecule has 0 saturated carbocycles. The Hall–Kier alpha value is -0.980. The lowest BCUT2D eigenvalue weighted by Gasteiger charge is -2.16. The monoisotopic (exact) mass is 377 g/mol. The van der Waals surface area contributed by atoms with Crippen LogP contribution in [0.5, 0.6) is 5.75 Å². The van der Waals surface area contributed by atoms with Crippen LogP contribution in [0, 0.1) is 0 Å². The summed E-state index contributed by atoms with van der Waals surface area (Å²) in [6, 6.07) is 10.2. The molecule has 1 aromatic rings. The molecule has 0 bridgehead atoms. The molecule has 0 heterocycles. The third kappa shape index (κ3) is 7.92. The van der Waals surface area contributed by atoms with Crippen LogP contribution in [0.3, 0.4) is 0 Å².